The molecule has 0 radical (unpaired) electrons. The van der Waals surface area contributed by atoms with Crippen LogP contribution in [0, 0.1) is 6.92 Å². The lowest BCUT2D eigenvalue weighted by Crippen LogP contribution is -2.20. The maximum atomic E-state index is 12.5. The van der Waals surface area contributed by atoms with Crippen molar-refractivity contribution < 1.29 is 0 Å². The molecule has 4 aromatic rings. The van der Waals surface area contributed by atoms with E-state index in [1.807, 2.05) is 49.4 Å². The molecule has 0 aliphatic heterocycles. The molecule has 0 fully saturated rings. The second kappa shape index (κ2) is 6.29. The first-order valence-corrected chi connectivity index (χ1v) is 8.93. The van der Waals surface area contributed by atoms with Crippen LogP contribution in [0.1, 0.15) is 11.4 Å². The highest BCUT2D eigenvalue weighted by atomic mass is 32.2. The summed E-state index contributed by atoms with van der Waals surface area (Å²) in [6.07, 6.45) is 0. The average Bonchev–Trinajstić information content (AvgIpc) is 2.63. The Hall–Kier alpha value is -2.73. The molecule has 0 unspecified atom stereocenters. The van der Waals surface area contributed by atoms with E-state index in [1.165, 1.54) is 11.8 Å². The summed E-state index contributed by atoms with van der Waals surface area (Å²) in [5, 5.41) is 1.31. The van der Waals surface area contributed by atoms with Gasteiger partial charge < -0.3 is 0 Å². The highest BCUT2D eigenvalue weighted by molar-refractivity contribution is 7.98. The third-order valence-corrected chi connectivity index (χ3v) is 5.16. The molecule has 0 spiro atoms. The van der Waals surface area contributed by atoms with Crippen LogP contribution in [0.4, 0.5) is 0 Å². The van der Waals surface area contributed by atoms with Crippen LogP contribution in [-0.4, -0.2) is 19.5 Å². The number of fused-ring (bicyclic) bond motifs is 2. The molecule has 0 aliphatic carbocycles. The number of aryl methyl sites for hydroxylation is 1. The van der Waals surface area contributed by atoms with Crippen molar-refractivity contribution >= 4 is 33.7 Å². The van der Waals surface area contributed by atoms with Crippen molar-refractivity contribution in [1.82, 2.24) is 19.5 Å². The predicted octanol–water partition coefficient (Wildman–Crippen LogP) is 3.48. The van der Waals surface area contributed by atoms with Crippen molar-refractivity contribution in [2.75, 3.05) is 0 Å². The van der Waals surface area contributed by atoms with E-state index in [2.05, 4.69) is 9.97 Å². The van der Waals surface area contributed by atoms with E-state index >= 15 is 0 Å². The van der Waals surface area contributed by atoms with Crippen molar-refractivity contribution in [2.45, 2.75) is 17.8 Å². The SMILES string of the molecule is Cc1nc2ccccc2nc1CSc1nc2ccccc2c(=O)n1C. The van der Waals surface area contributed by atoms with E-state index in [4.69, 9.17) is 4.98 Å². The van der Waals surface area contributed by atoms with Gasteiger partial charge in [0.05, 0.1) is 33.3 Å². The molecule has 0 bridgehead atoms. The van der Waals surface area contributed by atoms with Crippen molar-refractivity contribution in [2.24, 2.45) is 7.05 Å². The first-order valence-electron chi connectivity index (χ1n) is 7.94. The number of para-hydroxylation sites is 3. The van der Waals surface area contributed by atoms with Crippen LogP contribution in [0.5, 0.6) is 0 Å². The number of thioether (sulfide) groups is 1. The van der Waals surface area contributed by atoms with Crippen LogP contribution in [0.25, 0.3) is 21.9 Å². The molecule has 4 rings (SSSR count). The van der Waals surface area contributed by atoms with Crippen molar-refractivity contribution in [3.63, 3.8) is 0 Å². The van der Waals surface area contributed by atoms with E-state index in [1.54, 1.807) is 17.7 Å². The van der Waals surface area contributed by atoms with Gasteiger partial charge in [-0.2, -0.15) is 0 Å². The quantitative estimate of drug-likeness (QED) is 0.419. The van der Waals surface area contributed by atoms with Crippen molar-refractivity contribution in [1.29, 1.82) is 0 Å². The predicted molar refractivity (Wildman–Crippen MR) is 101 cm³/mol. The number of hydrogen-bond acceptors (Lipinski definition) is 5. The minimum atomic E-state index is -0.0329. The Balaban J connectivity index is 1.70. The molecule has 124 valence electrons. The Bertz CT molecular complexity index is 1150. The molecule has 0 aliphatic rings. The zero-order valence-electron chi connectivity index (χ0n) is 13.9. The van der Waals surface area contributed by atoms with E-state index in [0.717, 1.165) is 27.9 Å². The summed E-state index contributed by atoms with van der Waals surface area (Å²) in [5.41, 5.74) is 4.26. The van der Waals surface area contributed by atoms with Crippen LogP contribution >= 0.6 is 11.8 Å². The van der Waals surface area contributed by atoms with Crippen LogP contribution in [0.15, 0.2) is 58.5 Å². The van der Waals surface area contributed by atoms with Crippen LogP contribution < -0.4 is 5.56 Å². The highest BCUT2D eigenvalue weighted by Crippen LogP contribution is 2.23. The van der Waals surface area contributed by atoms with Gasteiger partial charge in [0.25, 0.3) is 5.56 Å². The summed E-state index contributed by atoms with van der Waals surface area (Å²) >= 11 is 1.50. The fourth-order valence-corrected chi connectivity index (χ4v) is 3.70. The number of nitrogens with zero attached hydrogens (tertiary/aromatic N) is 4. The minimum absolute atomic E-state index is 0.0329. The summed E-state index contributed by atoms with van der Waals surface area (Å²) in [7, 11) is 1.75. The first kappa shape index (κ1) is 15.8. The van der Waals surface area contributed by atoms with Gasteiger partial charge in [-0.25, -0.2) is 15.0 Å². The molecule has 0 saturated heterocycles. The largest absolute Gasteiger partial charge is 0.290 e. The summed E-state index contributed by atoms with van der Waals surface area (Å²) in [6.45, 7) is 1.96. The van der Waals surface area contributed by atoms with Gasteiger partial charge in [0.2, 0.25) is 0 Å². The Morgan fingerprint density at radius 1 is 0.920 bits per heavy atom. The molecule has 6 heteroatoms. The Morgan fingerprint density at radius 3 is 2.32 bits per heavy atom. The fraction of sp³-hybridized carbons (Fsp3) is 0.158. The monoisotopic (exact) mass is 348 g/mol. The molecular formula is C19H16N4OS. The van der Waals surface area contributed by atoms with Gasteiger partial charge in [-0.05, 0) is 31.2 Å². The molecule has 5 nitrogen and oxygen atoms in total. The minimum Gasteiger partial charge on any atom is -0.290 e. The van der Waals surface area contributed by atoms with Crippen molar-refractivity contribution in [3.8, 4) is 0 Å². The molecule has 0 atom stereocenters. The smallest absolute Gasteiger partial charge is 0.261 e. The first-order chi connectivity index (χ1) is 12.1. The van der Waals surface area contributed by atoms with E-state index in [-0.39, 0.29) is 5.56 Å². The van der Waals surface area contributed by atoms with E-state index in [0.29, 0.717) is 16.3 Å². The molecule has 2 aromatic carbocycles. The summed E-state index contributed by atoms with van der Waals surface area (Å²) < 4.78 is 1.59. The normalized spacial score (nSPS) is 11.3. The van der Waals surface area contributed by atoms with Gasteiger partial charge in [-0.1, -0.05) is 36.0 Å². The molecule has 0 amide bonds. The van der Waals surface area contributed by atoms with Crippen LogP contribution in [0.3, 0.4) is 0 Å². The van der Waals surface area contributed by atoms with Crippen LogP contribution in [-0.2, 0) is 12.8 Å². The van der Waals surface area contributed by atoms with Crippen molar-refractivity contribution in [3.05, 3.63) is 70.3 Å². The molecule has 25 heavy (non-hydrogen) atoms. The third kappa shape index (κ3) is 2.89. The molecule has 2 heterocycles. The van der Waals surface area contributed by atoms with Crippen LogP contribution in [0.2, 0.25) is 0 Å². The van der Waals surface area contributed by atoms with Gasteiger partial charge in [0, 0.05) is 12.8 Å². The molecule has 0 N–H and O–H groups in total. The van der Waals surface area contributed by atoms with Gasteiger partial charge in [0.15, 0.2) is 5.16 Å². The lowest BCUT2D eigenvalue weighted by atomic mass is 10.2. The second-order valence-electron chi connectivity index (χ2n) is 5.81. The Labute approximate surface area is 148 Å². The Morgan fingerprint density at radius 2 is 1.56 bits per heavy atom. The zero-order valence-corrected chi connectivity index (χ0v) is 14.7. The average molecular weight is 348 g/mol. The lowest BCUT2D eigenvalue weighted by molar-refractivity contribution is 0.726. The maximum Gasteiger partial charge on any atom is 0.261 e. The number of rotatable bonds is 3. The Kier molecular flexibility index (Phi) is 3.97. The van der Waals surface area contributed by atoms with Gasteiger partial charge >= 0.3 is 0 Å². The number of aromatic nitrogens is 4. The zero-order chi connectivity index (χ0) is 17.4. The summed E-state index contributed by atoms with van der Waals surface area (Å²) in [4.78, 5) is 26.4. The lowest BCUT2D eigenvalue weighted by Gasteiger charge is -2.10. The van der Waals surface area contributed by atoms with Gasteiger partial charge in [0.1, 0.15) is 0 Å². The van der Waals surface area contributed by atoms with Gasteiger partial charge in [-0.15, -0.1) is 0 Å². The van der Waals surface area contributed by atoms with Gasteiger partial charge in [-0.3, -0.25) is 9.36 Å². The second-order valence-corrected chi connectivity index (χ2v) is 6.75. The third-order valence-electron chi connectivity index (χ3n) is 4.12. The number of benzene rings is 2. The summed E-state index contributed by atoms with van der Waals surface area (Å²) in [6, 6.07) is 15.2. The number of hydrogen-bond donors (Lipinski definition) is 0. The topological polar surface area (TPSA) is 60.7 Å². The standard InChI is InChI=1S/C19H16N4OS/c1-12-17(21-16-10-6-5-9-15(16)20-12)11-25-19-22-14-8-4-3-7-13(14)18(24)23(19)2/h3-10H,11H2,1-2H3. The van der Waals surface area contributed by atoms with E-state index < -0.39 is 0 Å². The molecule has 0 saturated carbocycles. The molecule has 2 aromatic heterocycles. The molecular weight excluding hydrogens is 332 g/mol. The summed E-state index contributed by atoms with van der Waals surface area (Å²) in [5.74, 6) is 0.613. The van der Waals surface area contributed by atoms with E-state index in [9.17, 15) is 4.79 Å². The fourth-order valence-electron chi connectivity index (χ4n) is 2.72. The maximum absolute atomic E-state index is 12.5. The highest BCUT2D eigenvalue weighted by Gasteiger charge is 2.11.